The monoisotopic (exact) mass is 585 g/mol. The highest BCUT2D eigenvalue weighted by atomic mass is 35.5. The number of benzene rings is 3. The number of aryl methyl sites for hydroxylation is 1. The van der Waals surface area contributed by atoms with Crippen LogP contribution < -0.4 is 14.4 Å². The van der Waals surface area contributed by atoms with Crippen molar-refractivity contribution in [2.45, 2.75) is 51.1 Å². The third-order valence-corrected chi connectivity index (χ3v) is 8.62. The molecule has 0 spiro atoms. The number of carbonyl (C=O) groups is 2. The molecule has 0 radical (unpaired) electrons. The summed E-state index contributed by atoms with van der Waals surface area (Å²) in [6.07, 6.45) is 1.06. The molecule has 0 aliphatic heterocycles. The Morgan fingerprint density at radius 2 is 1.70 bits per heavy atom. The molecule has 3 aromatic rings. The summed E-state index contributed by atoms with van der Waals surface area (Å²) in [5, 5.41) is 3.31. The van der Waals surface area contributed by atoms with E-state index in [1.54, 1.807) is 60.7 Å². The Morgan fingerprint density at radius 3 is 2.33 bits per heavy atom. The normalized spacial score (nSPS) is 11.9. The molecule has 0 saturated heterocycles. The zero-order valence-electron chi connectivity index (χ0n) is 23.3. The number of anilines is 1. The lowest BCUT2D eigenvalue weighted by atomic mass is 10.1. The Hall–Kier alpha value is -3.56. The van der Waals surface area contributed by atoms with Crippen LogP contribution >= 0.6 is 11.6 Å². The average molecular weight is 586 g/mol. The van der Waals surface area contributed by atoms with Gasteiger partial charge in [0.15, 0.2) is 0 Å². The van der Waals surface area contributed by atoms with Gasteiger partial charge in [-0.1, -0.05) is 67.4 Å². The second-order valence-electron chi connectivity index (χ2n) is 9.35. The Bertz CT molecular complexity index is 1410. The van der Waals surface area contributed by atoms with Crippen molar-refractivity contribution < 1.29 is 22.7 Å². The number of carbonyl (C=O) groups excluding carboxylic acids is 2. The quantitative estimate of drug-likeness (QED) is 0.298. The lowest BCUT2D eigenvalue weighted by molar-refractivity contribution is -0.140. The third-order valence-electron chi connectivity index (χ3n) is 6.46. The molecule has 0 aliphatic carbocycles. The van der Waals surface area contributed by atoms with Gasteiger partial charge in [0.2, 0.25) is 11.8 Å². The van der Waals surface area contributed by atoms with Crippen LogP contribution in [0.25, 0.3) is 0 Å². The van der Waals surface area contributed by atoms with E-state index in [0.29, 0.717) is 29.3 Å². The van der Waals surface area contributed by atoms with Crippen LogP contribution in [-0.4, -0.2) is 51.4 Å². The molecule has 0 unspecified atom stereocenters. The molecule has 10 heteroatoms. The molecule has 1 atom stereocenters. The molecule has 214 valence electrons. The summed E-state index contributed by atoms with van der Waals surface area (Å²) < 4.78 is 34.3. The minimum Gasteiger partial charge on any atom is -0.497 e. The molecule has 0 heterocycles. The first-order valence-corrected chi connectivity index (χ1v) is 15.0. The lowest BCUT2D eigenvalue weighted by Gasteiger charge is -2.33. The van der Waals surface area contributed by atoms with Crippen LogP contribution in [0.5, 0.6) is 5.75 Å². The Labute approximate surface area is 241 Å². The smallest absolute Gasteiger partial charge is 0.264 e. The van der Waals surface area contributed by atoms with Gasteiger partial charge in [0, 0.05) is 24.2 Å². The van der Waals surface area contributed by atoms with Gasteiger partial charge < -0.3 is 15.0 Å². The van der Waals surface area contributed by atoms with E-state index < -0.39 is 28.5 Å². The summed E-state index contributed by atoms with van der Waals surface area (Å²) >= 11 is 6.43. The molecule has 0 aromatic heterocycles. The van der Waals surface area contributed by atoms with E-state index in [-0.39, 0.29) is 23.0 Å². The van der Waals surface area contributed by atoms with Gasteiger partial charge in [-0.3, -0.25) is 13.9 Å². The molecule has 8 nitrogen and oxygen atoms in total. The number of halogens is 1. The fourth-order valence-electron chi connectivity index (χ4n) is 4.23. The van der Waals surface area contributed by atoms with Crippen molar-refractivity contribution in [2.24, 2.45) is 0 Å². The Balaban J connectivity index is 2.08. The zero-order chi connectivity index (χ0) is 29.3. The summed E-state index contributed by atoms with van der Waals surface area (Å²) in [6.45, 7) is 5.57. The van der Waals surface area contributed by atoms with Gasteiger partial charge in [0.05, 0.1) is 17.7 Å². The fraction of sp³-hybridized carbons (Fsp3) is 0.333. The standard InChI is InChI=1S/C30H36ClN3O5S/c1-5-18-32-30(36)28(6-2)33(20-23-10-7-8-13-27(23)31)29(35)21-34(24-11-9-12-25(19-24)39-4)40(37,38)26-16-14-22(3)15-17-26/h7-17,19,28H,5-6,18,20-21H2,1-4H3,(H,32,36)/t28-/m0/s1. The second-order valence-corrected chi connectivity index (χ2v) is 11.6. The van der Waals surface area contributed by atoms with E-state index in [9.17, 15) is 18.0 Å². The average Bonchev–Trinajstić information content (AvgIpc) is 2.95. The molecule has 0 saturated carbocycles. The largest absolute Gasteiger partial charge is 0.497 e. The van der Waals surface area contributed by atoms with Crippen LogP contribution in [0.15, 0.2) is 77.7 Å². The van der Waals surface area contributed by atoms with Gasteiger partial charge in [-0.25, -0.2) is 8.42 Å². The molecular formula is C30H36ClN3O5S. The second kappa shape index (κ2) is 14.2. The topological polar surface area (TPSA) is 96.0 Å². The Morgan fingerprint density at radius 1 is 1.00 bits per heavy atom. The van der Waals surface area contributed by atoms with Crippen molar-refractivity contribution in [3.05, 3.63) is 88.9 Å². The first-order chi connectivity index (χ1) is 19.1. The SMILES string of the molecule is CCCNC(=O)[C@H](CC)N(Cc1ccccc1Cl)C(=O)CN(c1cccc(OC)c1)S(=O)(=O)c1ccc(C)cc1. The maximum absolute atomic E-state index is 14.1. The van der Waals surface area contributed by atoms with Gasteiger partial charge >= 0.3 is 0 Å². The molecule has 3 aromatic carbocycles. The molecule has 0 bridgehead atoms. The van der Waals surface area contributed by atoms with Gasteiger partial charge in [-0.2, -0.15) is 0 Å². The maximum Gasteiger partial charge on any atom is 0.264 e. The van der Waals surface area contributed by atoms with E-state index in [0.717, 1.165) is 16.3 Å². The summed E-state index contributed by atoms with van der Waals surface area (Å²) in [5.41, 5.74) is 1.81. The molecule has 3 rings (SSSR count). The third kappa shape index (κ3) is 7.55. The summed E-state index contributed by atoms with van der Waals surface area (Å²) in [4.78, 5) is 28.7. The predicted molar refractivity (Wildman–Crippen MR) is 158 cm³/mol. The number of hydrogen-bond donors (Lipinski definition) is 1. The molecule has 40 heavy (non-hydrogen) atoms. The van der Waals surface area contributed by atoms with E-state index >= 15 is 0 Å². The van der Waals surface area contributed by atoms with E-state index in [2.05, 4.69) is 5.32 Å². The van der Waals surface area contributed by atoms with Gasteiger partial charge in [0.1, 0.15) is 18.3 Å². The van der Waals surface area contributed by atoms with Crippen molar-refractivity contribution in [3.8, 4) is 5.75 Å². The highest BCUT2D eigenvalue weighted by Gasteiger charge is 2.34. The summed E-state index contributed by atoms with van der Waals surface area (Å²) in [5.74, 6) is -0.414. The molecule has 2 amide bonds. The fourth-order valence-corrected chi connectivity index (χ4v) is 5.83. The van der Waals surface area contributed by atoms with Crippen LogP contribution in [0.2, 0.25) is 5.02 Å². The number of rotatable bonds is 13. The van der Waals surface area contributed by atoms with Crippen molar-refractivity contribution in [1.82, 2.24) is 10.2 Å². The van der Waals surface area contributed by atoms with Crippen LogP contribution in [0, 0.1) is 6.92 Å². The van der Waals surface area contributed by atoms with Crippen LogP contribution in [0.3, 0.4) is 0 Å². The zero-order valence-corrected chi connectivity index (χ0v) is 24.8. The van der Waals surface area contributed by atoms with Crippen molar-refractivity contribution in [3.63, 3.8) is 0 Å². The molecule has 0 aliphatic rings. The number of sulfonamides is 1. The summed E-state index contributed by atoms with van der Waals surface area (Å²) in [7, 11) is -2.69. The van der Waals surface area contributed by atoms with Gasteiger partial charge in [0.25, 0.3) is 10.0 Å². The predicted octanol–water partition coefficient (Wildman–Crippen LogP) is 5.19. The number of amides is 2. The number of ether oxygens (including phenoxy) is 1. The minimum atomic E-state index is -4.17. The number of nitrogens with zero attached hydrogens (tertiary/aromatic N) is 2. The Kier molecular flexibility index (Phi) is 11.0. The maximum atomic E-state index is 14.1. The number of methoxy groups -OCH3 is 1. The first kappa shape index (κ1) is 31.0. The highest BCUT2D eigenvalue weighted by molar-refractivity contribution is 7.92. The molecular weight excluding hydrogens is 550 g/mol. The minimum absolute atomic E-state index is 0.0348. The first-order valence-electron chi connectivity index (χ1n) is 13.2. The van der Waals surface area contributed by atoms with Crippen LogP contribution in [0.4, 0.5) is 5.69 Å². The van der Waals surface area contributed by atoms with Crippen molar-refractivity contribution in [2.75, 3.05) is 24.5 Å². The lowest BCUT2D eigenvalue weighted by Crippen LogP contribution is -2.52. The van der Waals surface area contributed by atoms with Gasteiger partial charge in [-0.15, -0.1) is 0 Å². The van der Waals surface area contributed by atoms with Crippen LogP contribution in [0.1, 0.15) is 37.8 Å². The van der Waals surface area contributed by atoms with Crippen molar-refractivity contribution >= 4 is 39.1 Å². The number of nitrogens with one attached hydrogen (secondary N) is 1. The number of hydrogen-bond acceptors (Lipinski definition) is 5. The summed E-state index contributed by atoms with van der Waals surface area (Å²) in [6, 6.07) is 19.2. The van der Waals surface area contributed by atoms with E-state index in [1.165, 1.54) is 24.1 Å². The van der Waals surface area contributed by atoms with Gasteiger partial charge in [-0.05, 0) is 55.7 Å². The van der Waals surface area contributed by atoms with Crippen molar-refractivity contribution in [1.29, 1.82) is 0 Å². The van der Waals surface area contributed by atoms with Crippen LogP contribution in [-0.2, 0) is 26.2 Å². The highest BCUT2D eigenvalue weighted by Crippen LogP contribution is 2.28. The molecule has 1 N–H and O–H groups in total. The van der Waals surface area contributed by atoms with E-state index in [4.69, 9.17) is 16.3 Å². The van der Waals surface area contributed by atoms with E-state index in [1.807, 2.05) is 20.8 Å². The molecule has 0 fully saturated rings.